The van der Waals surface area contributed by atoms with Gasteiger partial charge in [0.25, 0.3) is 11.8 Å². The lowest BCUT2D eigenvalue weighted by Gasteiger charge is -2.26. The molecule has 0 saturated carbocycles. The minimum atomic E-state index is -4.41. The van der Waals surface area contributed by atoms with Crippen LogP contribution in [0.4, 0.5) is 18.0 Å². The summed E-state index contributed by atoms with van der Waals surface area (Å²) in [4.78, 5) is 38.8. The van der Waals surface area contributed by atoms with Gasteiger partial charge in [-0.3, -0.25) is 14.9 Å². The third-order valence-electron chi connectivity index (χ3n) is 5.07. The SMILES string of the molecule is COc1ccc2c(c1)C(=O)N(C[C@]1(C#Cc3ccc(SC(F)(F)F)cc3)NC(=O)NC1=O)C2. The number of hydrogen-bond donors (Lipinski definition) is 2. The number of hydrogen-bond acceptors (Lipinski definition) is 5. The van der Waals surface area contributed by atoms with Crippen LogP contribution in [0.2, 0.25) is 0 Å². The highest BCUT2D eigenvalue weighted by Gasteiger charge is 2.48. The van der Waals surface area contributed by atoms with Crippen LogP contribution in [-0.2, 0) is 11.3 Å². The highest BCUT2D eigenvalue weighted by atomic mass is 32.2. The molecule has 4 rings (SSSR count). The molecule has 0 unspecified atom stereocenters. The normalized spacial score (nSPS) is 19.5. The van der Waals surface area contributed by atoms with Crippen LogP contribution in [0.5, 0.6) is 5.75 Å². The van der Waals surface area contributed by atoms with Gasteiger partial charge in [0.2, 0.25) is 5.54 Å². The van der Waals surface area contributed by atoms with Gasteiger partial charge in [-0.1, -0.05) is 17.9 Å². The van der Waals surface area contributed by atoms with Gasteiger partial charge in [-0.25, -0.2) is 4.79 Å². The van der Waals surface area contributed by atoms with Crippen LogP contribution in [0.3, 0.4) is 0 Å². The van der Waals surface area contributed by atoms with Gasteiger partial charge in [-0.05, 0) is 53.7 Å². The predicted molar refractivity (Wildman–Crippen MR) is 112 cm³/mol. The van der Waals surface area contributed by atoms with Crippen LogP contribution < -0.4 is 15.4 Å². The van der Waals surface area contributed by atoms with E-state index in [9.17, 15) is 27.6 Å². The predicted octanol–water partition coefficient (Wildman–Crippen LogP) is 2.89. The number of carbonyl (C=O) groups excluding carboxylic acids is 3. The van der Waals surface area contributed by atoms with Crippen LogP contribution in [0.25, 0.3) is 0 Å². The monoisotopic (exact) mass is 475 g/mol. The van der Waals surface area contributed by atoms with E-state index in [2.05, 4.69) is 22.5 Å². The summed E-state index contributed by atoms with van der Waals surface area (Å²) >= 11 is -0.251. The Bertz CT molecular complexity index is 1200. The number of methoxy groups -OCH3 is 1. The fourth-order valence-corrected chi connectivity index (χ4v) is 4.07. The molecule has 0 aromatic heterocycles. The lowest BCUT2D eigenvalue weighted by atomic mass is 9.99. The van der Waals surface area contributed by atoms with Crippen molar-refractivity contribution < 1.29 is 32.3 Å². The van der Waals surface area contributed by atoms with E-state index >= 15 is 0 Å². The summed E-state index contributed by atoms with van der Waals surface area (Å²) in [6.07, 6.45) is 0. The van der Waals surface area contributed by atoms with E-state index in [-0.39, 0.29) is 35.7 Å². The van der Waals surface area contributed by atoms with Crippen molar-refractivity contribution in [2.24, 2.45) is 0 Å². The summed E-state index contributed by atoms with van der Waals surface area (Å²) in [5.74, 6) is 4.89. The summed E-state index contributed by atoms with van der Waals surface area (Å²) in [6.45, 7) is 0.00349. The molecule has 2 aliphatic rings. The number of benzene rings is 2. The Labute approximate surface area is 190 Å². The van der Waals surface area contributed by atoms with Gasteiger partial charge in [0.15, 0.2) is 0 Å². The number of thioether (sulfide) groups is 1. The molecule has 2 heterocycles. The molecule has 2 N–H and O–H groups in total. The lowest BCUT2D eigenvalue weighted by Crippen LogP contribution is -2.54. The molecular weight excluding hydrogens is 459 g/mol. The van der Waals surface area contributed by atoms with E-state index in [4.69, 9.17) is 4.74 Å². The number of halogens is 3. The van der Waals surface area contributed by atoms with E-state index in [0.717, 1.165) is 5.56 Å². The molecule has 170 valence electrons. The van der Waals surface area contributed by atoms with E-state index < -0.39 is 23.0 Å². The number of ether oxygens (including phenoxy) is 1. The number of carbonyl (C=O) groups is 3. The molecule has 0 bridgehead atoms. The smallest absolute Gasteiger partial charge is 0.446 e. The largest absolute Gasteiger partial charge is 0.497 e. The average molecular weight is 475 g/mol. The van der Waals surface area contributed by atoms with Gasteiger partial charge in [0.1, 0.15) is 5.75 Å². The van der Waals surface area contributed by atoms with Gasteiger partial charge in [-0.15, -0.1) is 0 Å². The summed E-state index contributed by atoms with van der Waals surface area (Å²) in [5.41, 5.74) is -4.60. The zero-order valence-electron chi connectivity index (χ0n) is 17.1. The third-order valence-corrected chi connectivity index (χ3v) is 5.81. The Balaban J connectivity index is 1.58. The summed E-state index contributed by atoms with van der Waals surface area (Å²) in [7, 11) is 1.48. The standard InChI is InChI=1S/C22H16F3N3O4S/c1-32-15-5-4-14-11-28(18(29)17(14)10-15)12-21(19(30)26-20(31)27-21)9-8-13-2-6-16(7-3-13)33-22(23,24)25/h2-7,10H,11-12H2,1H3,(H2,26,27,30,31)/t21-/m0/s1. The molecule has 7 nitrogen and oxygen atoms in total. The first kappa shape index (κ1) is 22.5. The van der Waals surface area contributed by atoms with Crippen LogP contribution in [0, 0.1) is 11.8 Å². The molecule has 11 heteroatoms. The first-order chi connectivity index (χ1) is 15.6. The highest BCUT2D eigenvalue weighted by molar-refractivity contribution is 8.00. The fraction of sp³-hybridized carbons (Fsp3) is 0.227. The van der Waals surface area contributed by atoms with Crippen LogP contribution in [0.15, 0.2) is 47.4 Å². The molecule has 0 radical (unpaired) electrons. The number of alkyl halides is 3. The second-order valence-corrected chi connectivity index (χ2v) is 8.46. The molecule has 1 fully saturated rings. The third kappa shape index (κ3) is 4.75. The van der Waals surface area contributed by atoms with Crippen molar-refractivity contribution in [3.8, 4) is 17.6 Å². The summed E-state index contributed by atoms with van der Waals surface area (Å²) in [5, 5.41) is 4.61. The van der Waals surface area contributed by atoms with Crippen molar-refractivity contribution in [1.82, 2.24) is 15.5 Å². The van der Waals surface area contributed by atoms with Gasteiger partial charge in [0, 0.05) is 22.6 Å². The lowest BCUT2D eigenvalue weighted by molar-refractivity contribution is -0.122. The van der Waals surface area contributed by atoms with Gasteiger partial charge < -0.3 is 15.0 Å². The molecule has 33 heavy (non-hydrogen) atoms. The second-order valence-electron chi connectivity index (χ2n) is 7.32. The minimum Gasteiger partial charge on any atom is -0.497 e. The topological polar surface area (TPSA) is 87.7 Å². The molecule has 1 saturated heterocycles. The van der Waals surface area contributed by atoms with E-state index in [0.29, 0.717) is 16.9 Å². The van der Waals surface area contributed by atoms with Crippen molar-refractivity contribution >= 4 is 29.6 Å². The van der Waals surface area contributed by atoms with E-state index in [1.54, 1.807) is 18.2 Å². The number of urea groups is 1. The summed E-state index contributed by atoms with van der Waals surface area (Å²) in [6, 6.07) is 9.60. The van der Waals surface area contributed by atoms with Crippen molar-refractivity contribution in [3.05, 3.63) is 59.2 Å². The van der Waals surface area contributed by atoms with Gasteiger partial charge in [-0.2, -0.15) is 13.2 Å². The number of amides is 4. The fourth-order valence-electron chi connectivity index (χ4n) is 3.53. The number of imide groups is 1. The first-order valence-corrected chi connectivity index (χ1v) is 10.4. The summed E-state index contributed by atoms with van der Waals surface area (Å²) < 4.78 is 42.7. The molecule has 0 spiro atoms. The Morgan fingerprint density at radius 3 is 2.48 bits per heavy atom. The van der Waals surface area contributed by atoms with Crippen molar-refractivity contribution in [2.45, 2.75) is 22.5 Å². The van der Waals surface area contributed by atoms with Crippen molar-refractivity contribution in [1.29, 1.82) is 0 Å². The molecular formula is C22H16F3N3O4S. The second kappa shape index (κ2) is 8.37. The Morgan fingerprint density at radius 2 is 1.88 bits per heavy atom. The van der Waals surface area contributed by atoms with Crippen molar-refractivity contribution in [2.75, 3.05) is 13.7 Å². The molecule has 1 atom stereocenters. The zero-order chi connectivity index (χ0) is 23.8. The Morgan fingerprint density at radius 1 is 1.15 bits per heavy atom. The number of nitrogens with one attached hydrogen (secondary N) is 2. The number of nitrogens with zero attached hydrogens (tertiary/aromatic N) is 1. The van der Waals surface area contributed by atoms with E-state index in [1.807, 2.05) is 0 Å². The zero-order valence-corrected chi connectivity index (χ0v) is 17.9. The molecule has 2 aromatic carbocycles. The molecule has 2 aromatic rings. The van der Waals surface area contributed by atoms with Crippen LogP contribution in [-0.4, -0.2) is 47.4 Å². The van der Waals surface area contributed by atoms with E-state index in [1.165, 1.54) is 36.3 Å². The maximum atomic E-state index is 12.9. The molecule has 2 aliphatic heterocycles. The van der Waals surface area contributed by atoms with Gasteiger partial charge >= 0.3 is 11.5 Å². The van der Waals surface area contributed by atoms with Crippen molar-refractivity contribution in [3.63, 3.8) is 0 Å². The Hall–Kier alpha value is -3.65. The number of fused-ring (bicyclic) bond motifs is 1. The number of rotatable bonds is 4. The average Bonchev–Trinajstić information content (AvgIpc) is 3.21. The minimum absolute atomic E-state index is 0.00877. The maximum absolute atomic E-state index is 12.9. The first-order valence-electron chi connectivity index (χ1n) is 9.57. The van der Waals surface area contributed by atoms with Gasteiger partial charge in [0.05, 0.1) is 13.7 Å². The highest BCUT2D eigenvalue weighted by Crippen LogP contribution is 2.36. The van der Waals surface area contributed by atoms with Crippen LogP contribution >= 0.6 is 11.8 Å². The quantitative estimate of drug-likeness (QED) is 0.404. The maximum Gasteiger partial charge on any atom is 0.446 e. The van der Waals surface area contributed by atoms with Crippen LogP contribution in [0.1, 0.15) is 21.5 Å². The Kier molecular flexibility index (Phi) is 5.71. The molecule has 4 amide bonds. The molecule has 0 aliphatic carbocycles.